The average molecular weight is 308 g/mol. The zero-order chi connectivity index (χ0) is 15.1. The maximum absolute atomic E-state index is 3.92. The zero-order valence-electron chi connectivity index (χ0n) is 14.2. The minimum atomic E-state index is 0.570. The fraction of sp³-hybridized carbons (Fsp3) is 0.789. The van der Waals surface area contributed by atoms with E-state index in [4.69, 9.17) is 0 Å². The van der Waals surface area contributed by atoms with Gasteiger partial charge >= 0.3 is 0 Å². The Morgan fingerprint density at radius 2 is 2.05 bits per heavy atom. The fourth-order valence-electron chi connectivity index (χ4n) is 4.27. The van der Waals surface area contributed by atoms with Crippen LogP contribution in [0.15, 0.2) is 17.5 Å². The van der Waals surface area contributed by atoms with E-state index < -0.39 is 0 Å². The topological polar surface area (TPSA) is 12.0 Å². The number of hydrogen-bond donors (Lipinski definition) is 1. The molecule has 1 heterocycles. The highest BCUT2D eigenvalue weighted by atomic mass is 32.1. The minimum Gasteiger partial charge on any atom is -0.313 e. The smallest absolute Gasteiger partial charge is 0.0127 e. The van der Waals surface area contributed by atoms with E-state index in [-0.39, 0.29) is 0 Å². The molecule has 0 aromatic carbocycles. The molecule has 1 atom stereocenters. The van der Waals surface area contributed by atoms with Crippen molar-refractivity contribution in [2.75, 3.05) is 6.54 Å². The zero-order valence-corrected chi connectivity index (χ0v) is 15.0. The molecule has 1 N–H and O–H groups in total. The lowest BCUT2D eigenvalue weighted by Crippen LogP contribution is -2.45. The molecule has 0 bridgehead atoms. The molecule has 0 spiro atoms. The van der Waals surface area contributed by atoms with Crippen molar-refractivity contribution in [2.45, 2.75) is 78.2 Å². The Kier molecular flexibility index (Phi) is 6.75. The Morgan fingerprint density at radius 1 is 1.29 bits per heavy atom. The van der Waals surface area contributed by atoms with E-state index in [9.17, 15) is 0 Å². The van der Waals surface area contributed by atoms with Crippen LogP contribution in [0.4, 0.5) is 0 Å². The van der Waals surface area contributed by atoms with Crippen molar-refractivity contribution in [3.63, 3.8) is 0 Å². The average Bonchev–Trinajstić information content (AvgIpc) is 3.10. The SMILES string of the molecule is CCCNC(CCc1cccs1)C1(CC(C)C)CCCC1. The summed E-state index contributed by atoms with van der Waals surface area (Å²) in [5.74, 6) is 0.816. The van der Waals surface area contributed by atoms with E-state index in [1.807, 2.05) is 11.3 Å². The van der Waals surface area contributed by atoms with Gasteiger partial charge in [-0.2, -0.15) is 0 Å². The molecule has 1 aromatic rings. The van der Waals surface area contributed by atoms with Crippen LogP contribution in [0.3, 0.4) is 0 Å². The van der Waals surface area contributed by atoms with Gasteiger partial charge in [-0.25, -0.2) is 0 Å². The van der Waals surface area contributed by atoms with Gasteiger partial charge < -0.3 is 5.32 Å². The van der Waals surface area contributed by atoms with E-state index in [0.29, 0.717) is 11.5 Å². The second kappa shape index (κ2) is 8.33. The molecule has 0 radical (unpaired) electrons. The van der Waals surface area contributed by atoms with Crippen molar-refractivity contribution < 1.29 is 0 Å². The number of thiophene rings is 1. The van der Waals surface area contributed by atoms with Crippen molar-refractivity contribution in [1.82, 2.24) is 5.32 Å². The van der Waals surface area contributed by atoms with Crippen molar-refractivity contribution in [3.8, 4) is 0 Å². The maximum atomic E-state index is 3.92. The van der Waals surface area contributed by atoms with Crippen LogP contribution < -0.4 is 5.32 Å². The number of aryl methyl sites for hydroxylation is 1. The molecule has 0 amide bonds. The summed E-state index contributed by atoms with van der Waals surface area (Å²) in [5, 5.41) is 6.14. The lowest BCUT2D eigenvalue weighted by molar-refractivity contribution is 0.148. The molecule has 1 aliphatic carbocycles. The van der Waals surface area contributed by atoms with Gasteiger partial charge in [-0.05, 0) is 67.8 Å². The third kappa shape index (κ3) is 4.82. The van der Waals surface area contributed by atoms with Crippen LogP contribution in [0.5, 0.6) is 0 Å². The van der Waals surface area contributed by atoms with Crippen LogP contribution in [0.2, 0.25) is 0 Å². The molecule has 1 saturated carbocycles. The van der Waals surface area contributed by atoms with Crippen molar-refractivity contribution >= 4 is 11.3 Å². The van der Waals surface area contributed by atoms with E-state index in [0.717, 1.165) is 5.92 Å². The number of nitrogens with one attached hydrogen (secondary N) is 1. The number of hydrogen-bond acceptors (Lipinski definition) is 2. The molecule has 0 aliphatic heterocycles. The lowest BCUT2D eigenvalue weighted by Gasteiger charge is -2.40. The van der Waals surface area contributed by atoms with Gasteiger partial charge in [0, 0.05) is 10.9 Å². The van der Waals surface area contributed by atoms with Gasteiger partial charge in [0.15, 0.2) is 0 Å². The highest BCUT2D eigenvalue weighted by Crippen LogP contribution is 2.47. The Balaban J connectivity index is 2.04. The highest BCUT2D eigenvalue weighted by Gasteiger charge is 2.40. The van der Waals surface area contributed by atoms with Crippen LogP contribution in [-0.4, -0.2) is 12.6 Å². The van der Waals surface area contributed by atoms with Gasteiger partial charge in [0.05, 0.1) is 0 Å². The van der Waals surface area contributed by atoms with Crippen LogP contribution >= 0.6 is 11.3 Å². The summed E-state index contributed by atoms with van der Waals surface area (Å²) in [6.45, 7) is 8.26. The van der Waals surface area contributed by atoms with Gasteiger partial charge in [0.1, 0.15) is 0 Å². The quantitative estimate of drug-likeness (QED) is 0.621. The lowest BCUT2D eigenvalue weighted by atomic mass is 9.71. The van der Waals surface area contributed by atoms with E-state index in [1.165, 1.54) is 57.9 Å². The van der Waals surface area contributed by atoms with E-state index >= 15 is 0 Å². The first-order valence-corrected chi connectivity index (χ1v) is 9.80. The summed E-state index contributed by atoms with van der Waals surface area (Å²) in [6.07, 6.45) is 11.0. The monoisotopic (exact) mass is 307 g/mol. The van der Waals surface area contributed by atoms with Crippen LogP contribution in [0.25, 0.3) is 0 Å². The third-order valence-electron chi connectivity index (χ3n) is 5.05. The molecule has 1 aromatic heterocycles. The summed E-state index contributed by atoms with van der Waals surface area (Å²) in [4.78, 5) is 1.55. The molecule has 21 heavy (non-hydrogen) atoms. The molecular formula is C19H33NS. The summed E-state index contributed by atoms with van der Waals surface area (Å²) in [5.41, 5.74) is 0.570. The summed E-state index contributed by atoms with van der Waals surface area (Å²) < 4.78 is 0. The summed E-state index contributed by atoms with van der Waals surface area (Å²) in [7, 11) is 0. The van der Waals surface area contributed by atoms with Gasteiger partial charge in [-0.3, -0.25) is 0 Å². The third-order valence-corrected chi connectivity index (χ3v) is 5.99. The standard InChI is InChI=1S/C19H33NS/c1-4-13-20-18(10-9-17-8-7-14-21-17)19(15-16(2)3)11-5-6-12-19/h7-8,14,16,18,20H,4-6,9-13,15H2,1-3H3. The molecule has 1 aliphatic rings. The first-order chi connectivity index (χ1) is 10.2. The molecule has 2 heteroatoms. The molecule has 1 fully saturated rings. The minimum absolute atomic E-state index is 0.570. The Bertz CT molecular complexity index is 376. The molecular weight excluding hydrogens is 274 g/mol. The van der Waals surface area contributed by atoms with Gasteiger partial charge in [-0.15, -0.1) is 11.3 Å². The molecule has 120 valence electrons. The maximum Gasteiger partial charge on any atom is 0.0127 e. The van der Waals surface area contributed by atoms with Gasteiger partial charge in [0.2, 0.25) is 0 Å². The second-order valence-electron chi connectivity index (χ2n) is 7.29. The van der Waals surface area contributed by atoms with Gasteiger partial charge in [0.25, 0.3) is 0 Å². The van der Waals surface area contributed by atoms with Crippen LogP contribution in [0, 0.1) is 11.3 Å². The second-order valence-corrected chi connectivity index (χ2v) is 8.32. The molecule has 1 nitrogen and oxygen atoms in total. The van der Waals surface area contributed by atoms with Crippen LogP contribution in [0.1, 0.15) is 70.6 Å². The van der Waals surface area contributed by atoms with Gasteiger partial charge in [-0.1, -0.05) is 39.7 Å². The first-order valence-electron chi connectivity index (χ1n) is 8.92. The summed E-state index contributed by atoms with van der Waals surface area (Å²) >= 11 is 1.92. The number of rotatable bonds is 9. The normalized spacial score (nSPS) is 19.2. The van der Waals surface area contributed by atoms with E-state index in [1.54, 1.807) is 4.88 Å². The predicted molar refractivity (Wildman–Crippen MR) is 95.1 cm³/mol. The molecule has 1 unspecified atom stereocenters. The Morgan fingerprint density at radius 3 is 2.62 bits per heavy atom. The van der Waals surface area contributed by atoms with Crippen LogP contribution in [-0.2, 0) is 6.42 Å². The largest absolute Gasteiger partial charge is 0.313 e. The van der Waals surface area contributed by atoms with Crippen molar-refractivity contribution in [1.29, 1.82) is 0 Å². The Hall–Kier alpha value is -0.340. The van der Waals surface area contributed by atoms with Crippen molar-refractivity contribution in [3.05, 3.63) is 22.4 Å². The predicted octanol–water partition coefficient (Wildman–Crippen LogP) is 5.66. The highest BCUT2D eigenvalue weighted by molar-refractivity contribution is 7.09. The van der Waals surface area contributed by atoms with Crippen molar-refractivity contribution in [2.24, 2.45) is 11.3 Å². The first kappa shape index (κ1) is 17.0. The fourth-order valence-corrected chi connectivity index (χ4v) is 5.00. The summed E-state index contributed by atoms with van der Waals surface area (Å²) in [6, 6.07) is 5.20. The molecule has 0 saturated heterocycles. The van der Waals surface area contributed by atoms with E-state index in [2.05, 4.69) is 43.6 Å². The molecule has 2 rings (SSSR count). The Labute approximate surface area is 135 Å².